The topological polar surface area (TPSA) is 81.9 Å². The van der Waals surface area contributed by atoms with Crippen LogP contribution in [-0.2, 0) is 9.53 Å². The molecule has 21 heavy (non-hydrogen) atoms. The van der Waals surface area contributed by atoms with Crippen molar-refractivity contribution in [3.63, 3.8) is 0 Å². The Hall–Kier alpha value is -2.24. The number of benzene rings is 1. The Balaban J connectivity index is 2.25. The Labute approximate surface area is 123 Å². The van der Waals surface area contributed by atoms with Gasteiger partial charge in [-0.15, -0.1) is 0 Å². The lowest BCUT2D eigenvalue weighted by molar-refractivity contribution is -0.147. The number of anilines is 1. The van der Waals surface area contributed by atoms with E-state index in [1.54, 1.807) is 25.1 Å². The second-order valence-corrected chi connectivity index (χ2v) is 4.83. The maximum absolute atomic E-state index is 12.6. The highest BCUT2D eigenvalue weighted by Crippen LogP contribution is 2.28. The number of hydrogen-bond donors (Lipinski definition) is 1. The predicted octanol–water partition coefficient (Wildman–Crippen LogP) is 1.45. The molecule has 0 saturated carbocycles. The normalized spacial score (nSPS) is 17.6. The minimum atomic E-state index is -0.525. The van der Waals surface area contributed by atoms with E-state index in [-0.39, 0.29) is 11.9 Å². The number of likely N-dealkylation sites (tertiary alicyclic amines) is 1. The van der Waals surface area contributed by atoms with E-state index in [2.05, 4.69) is 0 Å². The van der Waals surface area contributed by atoms with Crippen molar-refractivity contribution in [2.24, 2.45) is 0 Å². The van der Waals surface area contributed by atoms with Crippen LogP contribution in [0.3, 0.4) is 0 Å². The number of amides is 1. The zero-order valence-electron chi connectivity index (χ0n) is 12.3. The Bertz CT molecular complexity index is 544. The molecule has 1 aromatic carbocycles. The predicted molar refractivity (Wildman–Crippen MR) is 78.1 cm³/mol. The molecule has 1 heterocycles. The Morgan fingerprint density at radius 3 is 2.86 bits per heavy atom. The van der Waals surface area contributed by atoms with E-state index >= 15 is 0 Å². The highest BCUT2D eigenvalue weighted by Gasteiger charge is 2.36. The maximum Gasteiger partial charge on any atom is 0.328 e. The standard InChI is InChI=1S/C15H20N2O4/c1-3-21-15(19)11-7-5-9-17(11)14(18)10-6-4-8-12(20-2)13(10)16/h4,6,8,11H,3,5,7,9,16H2,1-2H3. The summed E-state index contributed by atoms with van der Waals surface area (Å²) >= 11 is 0. The van der Waals surface area contributed by atoms with Gasteiger partial charge in [0.05, 0.1) is 25.0 Å². The number of ether oxygens (including phenoxy) is 2. The van der Waals surface area contributed by atoms with Gasteiger partial charge in [-0.25, -0.2) is 4.79 Å². The van der Waals surface area contributed by atoms with Crippen molar-refractivity contribution in [2.45, 2.75) is 25.8 Å². The Morgan fingerprint density at radius 2 is 2.19 bits per heavy atom. The summed E-state index contributed by atoms with van der Waals surface area (Å²) in [5.41, 5.74) is 6.60. The van der Waals surface area contributed by atoms with E-state index in [4.69, 9.17) is 15.2 Å². The highest BCUT2D eigenvalue weighted by atomic mass is 16.5. The van der Waals surface area contributed by atoms with Crippen LogP contribution in [-0.4, -0.2) is 43.1 Å². The van der Waals surface area contributed by atoms with Crippen molar-refractivity contribution in [1.29, 1.82) is 0 Å². The van der Waals surface area contributed by atoms with Crippen molar-refractivity contribution in [2.75, 3.05) is 26.0 Å². The summed E-state index contributed by atoms with van der Waals surface area (Å²) in [5.74, 6) is -0.167. The van der Waals surface area contributed by atoms with Gasteiger partial charge in [-0.05, 0) is 31.9 Å². The largest absolute Gasteiger partial charge is 0.495 e. The molecule has 6 heteroatoms. The van der Waals surface area contributed by atoms with Gasteiger partial charge in [0.25, 0.3) is 5.91 Å². The van der Waals surface area contributed by atoms with Gasteiger partial charge in [0.15, 0.2) is 0 Å². The first-order valence-corrected chi connectivity index (χ1v) is 7.00. The third-order valence-electron chi connectivity index (χ3n) is 3.59. The van der Waals surface area contributed by atoms with E-state index in [1.165, 1.54) is 12.0 Å². The molecule has 1 unspecified atom stereocenters. The molecule has 1 aliphatic rings. The number of hydrogen-bond acceptors (Lipinski definition) is 5. The quantitative estimate of drug-likeness (QED) is 0.671. The molecule has 0 radical (unpaired) electrons. The smallest absolute Gasteiger partial charge is 0.328 e. The van der Waals surface area contributed by atoms with Gasteiger partial charge in [-0.2, -0.15) is 0 Å². The molecule has 114 valence electrons. The molecular weight excluding hydrogens is 272 g/mol. The van der Waals surface area contributed by atoms with Gasteiger partial charge in [0.2, 0.25) is 0 Å². The van der Waals surface area contributed by atoms with Gasteiger partial charge in [0.1, 0.15) is 11.8 Å². The van der Waals surface area contributed by atoms with Crippen LogP contribution in [0.2, 0.25) is 0 Å². The summed E-state index contributed by atoms with van der Waals surface area (Å²) in [5, 5.41) is 0. The van der Waals surface area contributed by atoms with Gasteiger partial charge in [0, 0.05) is 6.54 Å². The van der Waals surface area contributed by atoms with Crippen LogP contribution in [0.25, 0.3) is 0 Å². The molecule has 1 atom stereocenters. The summed E-state index contributed by atoms with van der Waals surface area (Å²) in [6, 6.07) is 4.51. The zero-order chi connectivity index (χ0) is 15.4. The van der Waals surface area contributed by atoms with Crippen molar-refractivity contribution >= 4 is 17.6 Å². The SMILES string of the molecule is CCOC(=O)C1CCCN1C(=O)c1cccc(OC)c1N. The molecule has 1 saturated heterocycles. The molecule has 2 N–H and O–H groups in total. The molecule has 2 rings (SSSR count). The molecule has 6 nitrogen and oxygen atoms in total. The summed E-state index contributed by atoms with van der Waals surface area (Å²) in [6.07, 6.45) is 1.40. The maximum atomic E-state index is 12.6. The number of carbonyl (C=O) groups excluding carboxylic acids is 2. The Morgan fingerprint density at radius 1 is 1.43 bits per heavy atom. The van der Waals surface area contributed by atoms with Crippen LogP contribution < -0.4 is 10.5 Å². The molecule has 0 bridgehead atoms. The number of nitrogens with two attached hydrogens (primary N) is 1. The first-order chi connectivity index (χ1) is 10.1. The van der Waals surface area contributed by atoms with E-state index in [9.17, 15) is 9.59 Å². The third kappa shape index (κ3) is 2.94. The molecule has 1 fully saturated rings. The first-order valence-electron chi connectivity index (χ1n) is 7.00. The second-order valence-electron chi connectivity index (χ2n) is 4.83. The number of rotatable bonds is 4. The number of nitrogens with zero attached hydrogens (tertiary/aromatic N) is 1. The summed E-state index contributed by atoms with van der Waals surface area (Å²) in [6.45, 7) is 2.58. The van der Waals surface area contributed by atoms with Crippen LogP contribution in [0.5, 0.6) is 5.75 Å². The fourth-order valence-electron chi connectivity index (χ4n) is 2.56. The van der Waals surface area contributed by atoms with Gasteiger partial charge >= 0.3 is 5.97 Å². The van der Waals surface area contributed by atoms with Crippen molar-refractivity contribution < 1.29 is 19.1 Å². The average molecular weight is 292 g/mol. The fourth-order valence-corrected chi connectivity index (χ4v) is 2.56. The number of nitrogen functional groups attached to an aromatic ring is 1. The van der Waals surface area contributed by atoms with Crippen LogP contribution in [0.4, 0.5) is 5.69 Å². The summed E-state index contributed by atoms with van der Waals surface area (Å²) in [4.78, 5) is 26.1. The number of para-hydroxylation sites is 1. The second kappa shape index (κ2) is 6.47. The zero-order valence-corrected chi connectivity index (χ0v) is 12.3. The molecular formula is C15H20N2O4. The van der Waals surface area contributed by atoms with E-state index in [0.717, 1.165) is 6.42 Å². The van der Waals surface area contributed by atoms with Crippen molar-refractivity contribution in [1.82, 2.24) is 4.90 Å². The van der Waals surface area contributed by atoms with Crippen LogP contribution in [0.1, 0.15) is 30.1 Å². The first kappa shape index (κ1) is 15.2. The van der Waals surface area contributed by atoms with E-state index in [0.29, 0.717) is 36.6 Å². The number of carbonyl (C=O) groups is 2. The summed E-state index contributed by atoms with van der Waals surface area (Å²) < 4.78 is 10.2. The van der Waals surface area contributed by atoms with Crippen molar-refractivity contribution in [3.8, 4) is 5.75 Å². The van der Waals surface area contributed by atoms with Gasteiger partial charge in [-0.1, -0.05) is 6.07 Å². The Kier molecular flexibility index (Phi) is 4.67. The number of methoxy groups -OCH3 is 1. The molecule has 1 aromatic rings. The molecule has 0 aliphatic carbocycles. The minimum Gasteiger partial charge on any atom is -0.495 e. The molecule has 0 spiro atoms. The lowest BCUT2D eigenvalue weighted by Gasteiger charge is -2.24. The summed E-state index contributed by atoms with van der Waals surface area (Å²) in [7, 11) is 1.50. The van der Waals surface area contributed by atoms with Crippen molar-refractivity contribution in [3.05, 3.63) is 23.8 Å². The number of esters is 1. The molecule has 0 aromatic heterocycles. The highest BCUT2D eigenvalue weighted by molar-refractivity contribution is 6.02. The average Bonchev–Trinajstić information content (AvgIpc) is 2.96. The fraction of sp³-hybridized carbons (Fsp3) is 0.467. The van der Waals surface area contributed by atoms with Gasteiger partial charge < -0.3 is 20.1 Å². The third-order valence-corrected chi connectivity index (χ3v) is 3.59. The van der Waals surface area contributed by atoms with E-state index < -0.39 is 6.04 Å². The van der Waals surface area contributed by atoms with Gasteiger partial charge in [-0.3, -0.25) is 4.79 Å². The van der Waals surface area contributed by atoms with Crippen LogP contribution in [0.15, 0.2) is 18.2 Å². The lowest BCUT2D eigenvalue weighted by Crippen LogP contribution is -2.41. The van der Waals surface area contributed by atoms with E-state index in [1.807, 2.05) is 0 Å². The monoisotopic (exact) mass is 292 g/mol. The lowest BCUT2D eigenvalue weighted by atomic mass is 10.1. The minimum absolute atomic E-state index is 0.262. The van der Waals surface area contributed by atoms with Crippen LogP contribution >= 0.6 is 0 Å². The van der Waals surface area contributed by atoms with Crippen LogP contribution in [0, 0.1) is 0 Å². The molecule has 1 amide bonds. The molecule has 1 aliphatic heterocycles.